The van der Waals surface area contributed by atoms with Crippen LogP contribution in [0.4, 0.5) is 5.69 Å². The molecule has 0 aliphatic rings. The molecule has 0 saturated heterocycles. The second kappa shape index (κ2) is 5.71. The van der Waals surface area contributed by atoms with Crippen molar-refractivity contribution in [3.05, 3.63) is 40.9 Å². The van der Waals surface area contributed by atoms with Crippen molar-refractivity contribution in [2.45, 2.75) is 6.42 Å². The number of hydrogen-bond donors (Lipinski definition) is 2. The summed E-state index contributed by atoms with van der Waals surface area (Å²) in [7, 11) is 1.80. The van der Waals surface area contributed by atoms with Crippen molar-refractivity contribution in [2.75, 3.05) is 11.9 Å². The predicted octanol–water partition coefficient (Wildman–Crippen LogP) is 1.82. The van der Waals surface area contributed by atoms with Crippen molar-refractivity contribution in [2.24, 2.45) is 7.05 Å². The van der Waals surface area contributed by atoms with Crippen LogP contribution in [0.1, 0.15) is 16.2 Å². The molecule has 0 saturated carbocycles. The van der Waals surface area contributed by atoms with E-state index in [-0.39, 0.29) is 10.6 Å². The molecular formula is C12H13ClN4O2. The monoisotopic (exact) mass is 280 g/mol. The van der Waals surface area contributed by atoms with Crippen molar-refractivity contribution in [1.29, 1.82) is 0 Å². The Morgan fingerprint density at radius 1 is 1.53 bits per heavy atom. The number of nitrogens with zero attached hydrogens (tertiary/aromatic N) is 3. The number of aromatic carboxylic acids is 1. The molecule has 1 aromatic carbocycles. The molecule has 0 radical (unpaired) electrons. The van der Waals surface area contributed by atoms with Crippen molar-refractivity contribution in [3.63, 3.8) is 0 Å². The fourth-order valence-corrected chi connectivity index (χ4v) is 1.95. The Bertz CT molecular complexity index is 597. The van der Waals surface area contributed by atoms with Gasteiger partial charge in [0.1, 0.15) is 11.9 Å². The molecule has 0 bridgehead atoms. The summed E-state index contributed by atoms with van der Waals surface area (Å²) in [6, 6.07) is 4.94. The molecule has 0 atom stereocenters. The number of aromatic nitrogens is 3. The van der Waals surface area contributed by atoms with Gasteiger partial charge in [0.25, 0.3) is 0 Å². The molecule has 7 heteroatoms. The van der Waals surface area contributed by atoms with Crippen LogP contribution in [-0.4, -0.2) is 32.4 Å². The van der Waals surface area contributed by atoms with E-state index in [1.807, 2.05) is 0 Å². The maximum atomic E-state index is 11.1. The van der Waals surface area contributed by atoms with Gasteiger partial charge in [-0.2, -0.15) is 5.10 Å². The molecule has 0 spiro atoms. The highest BCUT2D eigenvalue weighted by Crippen LogP contribution is 2.24. The number of benzene rings is 1. The Balaban J connectivity index is 2.03. The third-order valence-electron chi connectivity index (χ3n) is 2.54. The fraction of sp³-hybridized carbons (Fsp3) is 0.250. The molecule has 0 aliphatic heterocycles. The molecule has 1 heterocycles. The van der Waals surface area contributed by atoms with Gasteiger partial charge in [0.05, 0.1) is 10.7 Å². The maximum Gasteiger partial charge on any atom is 0.339 e. The molecule has 1 aromatic heterocycles. The van der Waals surface area contributed by atoms with E-state index >= 15 is 0 Å². The lowest BCUT2D eigenvalue weighted by Gasteiger charge is -2.09. The number of rotatable bonds is 5. The molecule has 6 nitrogen and oxygen atoms in total. The lowest BCUT2D eigenvalue weighted by molar-refractivity contribution is 0.0698. The van der Waals surface area contributed by atoms with Crippen molar-refractivity contribution >= 4 is 23.3 Å². The minimum Gasteiger partial charge on any atom is -0.478 e. The van der Waals surface area contributed by atoms with E-state index in [9.17, 15) is 4.79 Å². The van der Waals surface area contributed by atoms with Crippen LogP contribution in [0.15, 0.2) is 24.5 Å². The molecular weight excluding hydrogens is 268 g/mol. The summed E-state index contributed by atoms with van der Waals surface area (Å²) in [6.45, 7) is 0.532. The van der Waals surface area contributed by atoms with Gasteiger partial charge in [0.15, 0.2) is 5.82 Å². The summed E-state index contributed by atoms with van der Waals surface area (Å²) >= 11 is 5.87. The van der Waals surface area contributed by atoms with Crippen LogP contribution in [0, 0.1) is 0 Å². The van der Waals surface area contributed by atoms with Crippen LogP contribution in [0.5, 0.6) is 0 Å². The van der Waals surface area contributed by atoms with Crippen molar-refractivity contribution in [3.8, 4) is 0 Å². The van der Waals surface area contributed by atoms with Gasteiger partial charge in [-0.3, -0.25) is 4.68 Å². The SMILES string of the molecule is Cn1cnc(CCNc2cccc(Cl)c2C(=O)O)n1. The Morgan fingerprint density at radius 3 is 2.95 bits per heavy atom. The summed E-state index contributed by atoms with van der Waals surface area (Å²) in [5, 5.41) is 16.5. The lowest BCUT2D eigenvalue weighted by atomic mass is 10.1. The van der Waals surface area contributed by atoms with Gasteiger partial charge in [-0.15, -0.1) is 0 Å². The maximum absolute atomic E-state index is 11.1. The molecule has 100 valence electrons. The number of nitrogens with one attached hydrogen (secondary N) is 1. The molecule has 2 rings (SSSR count). The Morgan fingerprint density at radius 2 is 2.32 bits per heavy atom. The van der Waals surface area contributed by atoms with Crippen LogP contribution in [0.3, 0.4) is 0 Å². The number of aryl methyl sites for hydroxylation is 1. The Kier molecular flexibility index (Phi) is 4.01. The first kappa shape index (κ1) is 13.4. The largest absolute Gasteiger partial charge is 0.478 e. The minimum atomic E-state index is -1.05. The second-order valence-electron chi connectivity index (χ2n) is 3.98. The number of anilines is 1. The van der Waals surface area contributed by atoms with Gasteiger partial charge in [0, 0.05) is 20.0 Å². The number of hydrogen-bond acceptors (Lipinski definition) is 4. The minimum absolute atomic E-state index is 0.0816. The summed E-state index contributed by atoms with van der Waals surface area (Å²) in [4.78, 5) is 15.2. The standard InChI is InChI=1S/C12H13ClN4O2/c1-17-7-15-10(16-17)5-6-14-9-4-2-3-8(13)11(9)12(18)19/h2-4,7,14H,5-6H2,1H3,(H,18,19). The zero-order valence-electron chi connectivity index (χ0n) is 10.3. The highest BCUT2D eigenvalue weighted by atomic mass is 35.5. The van der Waals surface area contributed by atoms with Gasteiger partial charge >= 0.3 is 5.97 Å². The molecule has 19 heavy (non-hydrogen) atoms. The van der Waals surface area contributed by atoms with Gasteiger partial charge < -0.3 is 10.4 Å². The van der Waals surface area contributed by atoms with Gasteiger partial charge in [-0.1, -0.05) is 17.7 Å². The third kappa shape index (κ3) is 3.23. The Hall–Kier alpha value is -2.08. The second-order valence-corrected chi connectivity index (χ2v) is 4.39. The molecule has 0 unspecified atom stereocenters. The zero-order chi connectivity index (χ0) is 13.8. The first-order valence-electron chi connectivity index (χ1n) is 5.68. The van der Waals surface area contributed by atoms with E-state index in [2.05, 4.69) is 15.4 Å². The topological polar surface area (TPSA) is 80.0 Å². The number of carboxylic acids is 1. The van der Waals surface area contributed by atoms with Crippen LogP contribution in [-0.2, 0) is 13.5 Å². The summed E-state index contributed by atoms with van der Waals surface area (Å²) in [6.07, 6.45) is 2.23. The molecule has 0 fully saturated rings. The van der Waals surface area contributed by atoms with Crippen LogP contribution in [0.2, 0.25) is 5.02 Å². The average Bonchev–Trinajstić information content (AvgIpc) is 2.74. The quantitative estimate of drug-likeness (QED) is 0.873. The molecule has 0 amide bonds. The normalized spacial score (nSPS) is 10.4. The number of halogens is 1. The first-order valence-corrected chi connectivity index (χ1v) is 6.06. The van der Waals surface area contributed by atoms with E-state index in [4.69, 9.17) is 16.7 Å². The highest BCUT2D eigenvalue weighted by molar-refractivity contribution is 6.34. The third-order valence-corrected chi connectivity index (χ3v) is 2.85. The van der Waals surface area contributed by atoms with E-state index in [1.54, 1.807) is 36.3 Å². The highest BCUT2D eigenvalue weighted by Gasteiger charge is 2.13. The lowest BCUT2D eigenvalue weighted by Crippen LogP contribution is -2.10. The van der Waals surface area contributed by atoms with Crippen molar-refractivity contribution < 1.29 is 9.90 Å². The van der Waals surface area contributed by atoms with Gasteiger partial charge in [-0.25, -0.2) is 9.78 Å². The first-order chi connectivity index (χ1) is 9.08. The summed E-state index contributed by atoms with van der Waals surface area (Å²) < 4.78 is 1.62. The number of carbonyl (C=O) groups is 1. The molecule has 2 N–H and O–H groups in total. The van der Waals surface area contributed by atoms with Gasteiger partial charge in [0.2, 0.25) is 0 Å². The zero-order valence-corrected chi connectivity index (χ0v) is 11.1. The predicted molar refractivity (Wildman–Crippen MR) is 71.6 cm³/mol. The Labute approximate surface area is 115 Å². The van der Waals surface area contributed by atoms with Crippen LogP contribution in [0.25, 0.3) is 0 Å². The molecule has 2 aromatic rings. The summed E-state index contributed by atoms with van der Waals surface area (Å²) in [5.41, 5.74) is 0.578. The number of carboxylic acid groups (broad SMARTS) is 1. The average molecular weight is 281 g/mol. The van der Waals surface area contributed by atoms with Crippen molar-refractivity contribution in [1.82, 2.24) is 14.8 Å². The fourth-order valence-electron chi connectivity index (χ4n) is 1.70. The van der Waals surface area contributed by atoms with Crippen LogP contribution < -0.4 is 5.32 Å². The van der Waals surface area contributed by atoms with E-state index in [0.29, 0.717) is 24.5 Å². The van der Waals surface area contributed by atoms with E-state index in [0.717, 1.165) is 0 Å². The van der Waals surface area contributed by atoms with E-state index in [1.165, 1.54) is 0 Å². The molecule has 0 aliphatic carbocycles. The smallest absolute Gasteiger partial charge is 0.339 e. The van der Waals surface area contributed by atoms with E-state index < -0.39 is 5.97 Å². The van der Waals surface area contributed by atoms with Gasteiger partial charge in [-0.05, 0) is 12.1 Å². The summed E-state index contributed by atoms with van der Waals surface area (Å²) in [5.74, 6) is -0.349. The van der Waals surface area contributed by atoms with Crippen LogP contribution >= 0.6 is 11.6 Å².